The number of nitrogens with zero attached hydrogens (tertiary/aromatic N) is 1. The van der Waals surface area contributed by atoms with Gasteiger partial charge in [-0.2, -0.15) is 0 Å². The highest BCUT2D eigenvalue weighted by Gasteiger charge is 2.29. The molecule has 22 heavy (non-hydrogen) atoms. The second-order valence-corrected chi connectivity index (χ2v) is 6.19. The van der Waals surface area contributed by atoms with Crippen molar-refractivity contribution in [2.45, 2.75) is 45.8 Å². The predicted octanol–water partition coefficient (Wildman–Crippen LogP) is 2.89. The molecular weight excluding hydrogens is 284 g/mol. The summed E-state index contributed by atoms with van der Waals surface area (Å²) < 4.78 is 16.2. The summed E-state index contributed by atoms with van der Waals surface area (Å²) in [5.41, 5.74) is 5.95. The van der Waals surface area contributed by atoms with E-state index in [1.807, 2.05) is 33.8 Å². The van der Waals surface area contributed by atoms with E-state index in [0.717, 1.165) is 6.42 Å². The van der Waals surface area contributed by atoms with Crippen LogP contribution in [0.1, 0.15) is 34.1 Å². The number of carbonyl (C=O) groups excluding carboxylic acids is 1. The van der Waals surface area contributed by atoms with Crippen LogP contribution in [0.5, 0.6) is 11.5 Å². The fourth-order valence-corrected chi connectivity index (χ4v) is 2.27. The molecule has 0 spiro atoms. The van der Waals surface area contributed by atoms with E-state index in [1.54, 1.807) is 17.0 Å². The van der Waals surface area contributed by atoms with Crippen molar-refractivity contribution in [3.8, 4) is 11.5 Å². The van der Waals surface area contributed by atoms with Gasteiger partial charge in [0.15, 0.2) is 11.5 Å². The number of rotatable bonds is 4. The van der Waals surface area contributed by atoms with E-state index in [2.05, 4.69) is 0 Å². The van der Waals surface area contributed by atoms with E-state index < -0.39 is 11.7 Å². The summed E-state index contributed by atoms with van der Waals surface area (Å²) in [6.45, 7) is 8.05. The van der Waals surface area contributed by atoms with E-state index >= 15 is 0 Å². The largest absolute Gasteiger partial charge is 0.454 e. The van der Waals surface area contributed by atoms with Crippen LogP contribution in [0, 0.1) is 0 Å². The van der Waals surface area contributed by atoms with Gasteiger partial charge < -0.3 is 19.9 Å². The number of benzene rings is 1. The number of fused-ring (bicyclic) bond motifs is 1. The Kier molecular flexibility index (Phi) is 4.81. The van der Waals surface area contributed by atoms with E-state index in [-0.39, 0.29) is 12.8 Å². The van der Waals surface area contributed by atoms with Gasteiger partial charge in [0, 0.05) is 12.6 Å². The third kappa shape index (κ3) is 3.62. The fraction of sp³-hybridized carbons (Fsp3) is 0.562. The van der Waals surface area contributed by atoms with Crippen molar-refractivity contribution in [2.75, 3.05) is 18.2 Å². The molecule has 122 valence electrons. The first-order valence-corrected chi connectivity index (χ1v) is 7.47. The highest BCUT2D eigenvalue weighted by molar-refractivity contribution is 5.89. The molecule has 0 bridgehead atoms. The van der Waals surface area contributed by atoms with Crippen molar-refractivity contribution in [3.63, 3.8) is 0 Å². The molecule has 2 rings (SSSR count). The van der Waals surface area contributed by atoms with Gasteiger partial charge in [-0.15, -0.1) is 0 Å². The second kappa shape index (κ2) is 6.44. The lowest BCUT2D eigenvalue weighted by Crippen LogP contribution is -2.46. The molecule has 1 aliphatic rings. The highest BCUT2D eigenvalue weighted by atomic mass is 16.7. The minimum absolute atomic E-state index is 0.143. The van der Waals surface area contributed by atoms with Gasteiger partial charge in [-0.3, -0.25) is 4.90 Å². The van der Waals surface area contributed by atoms with Crippen LogP contribution >= 0.6 is 0 Å². The predicted molar refractivity (Wildman–Crippen MR) is 84.4 cm³/mol. The number of carbonyl (C=O) groups is 1. The van der Waals surface area contributed by atoms with E-state index in [9.17, 15) is 4.79 Å². The van der Waals surface area contributed by atoms with Crippen molar-refractivity contribution in [2.24, 2.45) is 5.73 Å². The molecule has 1 aliphatic heterocycles. The molecule has 1 aromatic carbocycles. The molecule has 1 unspecified atom stereocenters. The van der Waals surface area contributed by atoms with Crippen LogP contribution in [-0.4, -0.2) is 31.1 Å². The zero-order valence-corrected chi connectivity index (χ0v) is 13.6. The number of hydrogen-bond donors (Lipinski definition) is 1. The van der Waals surface area contributed by atoms with E-state index in [0.29, 0.717) is 23.7 Å². The van der Waals surface area contributed by atoms with Crippen LogP contribution in [0.2, 0.25) is 0 Å². The summed E-state index contributed by atoms with van der Waals surface area (Å²) in [6.07, 6.45) is 0.313. The summed E-state index contributed by atoms with van der Waals surface area (Å²) in [6, 6.07) is 5.24. The summed E-state index contributed by atoms with van der Waals surface area (Å²) in [5.74, 6) is 1.30. The Morgan fingerprint density at radius 1 is 1.36 bits per heavy atom. The monoisotopic (exact) mass is 308 g/mol. The van der Waals surface area contributed by atoms with E-state index in [1.165, 1.54) is 0 Å². The quantitative estimate of drug-likeness (QED) is 0.925. The van der Waals surface area contributed by atoms with Crippen LogP contribution in [0.25, 0.3) is 0 Å². The first kappa shape index (κ1) is 16.4. The number of amides is 1. The summed E-state index contributed by atoms with van der Waals surface area (Å²) in [5, 5.41) is 0. The Morgan fingerprint density at radius 2 is 2.05 bits per heavy atom. The molecule has 1 amide bonds. The lowest BCUT2D eigenvalue weighted by molar-refractivity contribution is 0.0565. The molecule has 1 atom stereocenters. The third-order valence-electron chi connectivity index (χ3n) is 3.33. The van der Waals surface area contributed by atoms with Gasteiger partial charge in [0.25, 0.3) is 0 Å². The van der Waals surface area contributed by atoms with Gasteiger partial charge in [-0.1, -0.05) is 6.92 Å². The molecule has 1 aromatic rings. The van der Waals surface area contributed by atoms with Gasteiger partial charge >= 0.3 is 6.09 Å². The fourth-order valence-electron chi connectivity index (χ4n) is 2.27. The Morgan fingerprint density at radius 3 is 2.64 bits per heavy atom. The molecule has 6 heteroatoms. The van der Waals surface area contributed by atoms with E-state index in [4.69, 9.17) is 19.9 Å². The minimum atomic E-state index is -0.571. The van der Waals surface area contributed by atoms with Crippen LogP contribution in [0.15, 0.2) is 18.2 Å². The van der Waals surface area contributed by atoms with Crippen LogP contribution in [-0.2, 0) is 4.74 Å². The summed E-state index contributed by atoms with van der Waals surface area (Å²) in [4.78, 5) is 14.2. The molecule has 0 aromatic heterocycles. The normalized spacial score (nSPS) is 14.6. The molecule has 0 aliphatic carbocycles. The summed E-state index contributed by atoms with van der Waals surface area (Å²) in [7, 11) is 0. The molecule has 6 nitrogen and oxygen atoms in total. The number of nitrogens with two attached hydrogens (primary N) is 1. The third-order valence-corrected chi connectivity index (χ3v) is 3.33. The number of hydrogen-bond acceptors (Lipinski definition) is 5. The van der Waals surface area contributed by atoms with Gasteiger partial charge in [0.2, 0.25) is 6.79 Å². The summed E-state index contributed by atoms with van der Waals surface area (Å²) >= 11 is 0. The van der Waals surface area contributed by atoms with Crippen molar-refractivity contribution in [3.05, 3.63) is 18.2 Å². The van der Waals surface area contributed by atoms with Gasteiger partial charge in [0.1, 0.15) is 5.60 Å². The molecule has 2 N–H and O–H groups in total. The number of anilines is 1. The Labute approximate surface area is 131 Å². The van der Waals surface area contributed by atoms with Gasteiger partial charge in [-0.25, -0.2) is 4.79 Å². The highest BCUT2D eigenvalue weighted by Crippen LogP contribution is 2.36. The van der Waals surface area contributed by atoms with Crippen LogP contribution < -0.4 is 20.1 Å². The maximum Gasteiger partial charge on any atom is 0.415 e. The lowest BCUT2D eigenvalue weighted by Gasteiger charge is -2.32. The molecular formula is C16H24N2O4. The SMILES string of the molecule is CCC(CN)N(C(=O)OC(C)(C)C)c1ccc2c(c1)OCO2. The maximum absolute atomic E-state index is 12.6. The first-order valence-electron chi connectivity index (χ1n) is 7.47. The Hall–Kier alpha value is -1.95. The average Bonchev–Trinajstić information content (AvgIpc) is 2.89. The van der Waals surface area contributed by atoms with Crippen molar-refractivity contribution in [1.29, 1.82) is 0 Å². The van der Waals surface area contributed by atoms with Gasteiger partial charge in [-0.05, 0) is 39.3 Å². The molecule has 1 heterocycles. The first-order chi connectivity index (χ1) is 10.4. The minimum Gasteiger partial charge on any atom is -0.454 e. The number of ether oxygens (including phenoxy) is 3. The average molecular weight is 308 g/mol. The second-order valence-electron chi connectivity index (χ2n) is 6.19. The molecule has 0 radical (unpaired) electrons. The van der Waals surface area contributed by atoms with Crippen LogP contribution in [0.3, 0.4) is 0 Å². The van der Waals surface area contributed by atoms with Crippen LogP contribution in [0.4, 0.5) is 10.5 Å². The molecule has 0 saturated heterocycles. The standard InChI is InChI=1S/C16H24N2O4/c1-5-11(9-17)18(15(19)22-16(2,3)4)12-6-7-13-14(8-12)21-10-20-13/h6-8,11H,5,9-10,17H2,1-4H3. The van der Waals surface area contributed by atoms with Gasteiger partial charge in [0.05, 0.1) is 11.7 Å². The maximum atomic E-state index is 12.6. The zero-order valence-electron chi connectivity index (χ0n) is 13.6. The Bertz CT molecular complexity index is 535. The zero-order chi connectivity index (χ0) is 16.3. The van der Waals surface area contributed by atoms with Crippen molar-refractivity contribution in [1.82, 2.24) is 0 Å². The smallest absolute Gasteiger partial charge is 0.415 e. The lowest BCUT2D eigenvalue weighted by atomic mass is 10.1. The van der Waals surface area contributed by atoms with Crippen molar-refractivity contribution < 1.29 is 19.0 Å². The van der Waals surface area contributed by atoms with Crippen molar-refractivity contribution >= 4 is 11.8 Å². The molecule has 0 saturated carbocycles. The topological polar surface area (TPSA) is 74.0 Å². The Balaban J connectivity index is 2.33. The molecule has 0 fully saturated rings.